The van der Waals surface area contributed by atoms with E-state index in [9.17, 15) is 26.7 Å². The molecule has 0 aromatic carbocycles. The van der Waals surface area contributed by atoms with Gasteiger partial charge in [-0.05, 0) is 6.07 Å². The van der Waals surface area contributed by atoms with Gasteiger partial charge in [0.25, 0.3) is 6.43 Å². The van der Waals surface area contributed by atoms with E-state index in [1.807, 2.05) is 0 Å². The Labute approximate surface area is 108 Å². The molecule has 0 aliphatic heterocycles. The summed E-state index contributed by atoms with van der Waals surface area (Å²) in [5.74, 6) is -2.73. The number of carboxylic acids is 1. The highest BCUT2D eigenvalue weighted by Gasteiger charge is 2.34. The molecule has 1 aromatic rings. The molecule has 0 aliphatic rings. The van der Waals surface area contributed by atoms with Gasteiger partial charge in [0.15, 0.2) is 5.75 Å². The second-order valence-corrected chi connectivity index (χ2v) is 3.40. The molecule has 1 N–H and O–H groups in total. The number of hydrogen-bond donors (Lipinski definition) is 1. The average Bonchev–Trinajstić information content (AvgIpc) is 2.27. The van der Waals surface area contributed by atoms with E-state index < -0.39 is 47.9 Å². The van der Waals surface area contributed by atoms with Gasteiger partial charge in [0.1, 0.15) is 11.8 Å². The minimum Gasteiger partial charge on any atom is -0.481 e. The Kier molecular flexibility index (Phi) is 4.44. The number of nitrogens with zero attached hydrogens (tertiary/aromatic N) is 2. The van der Waals surface area contributed by atoms with Crippen LogP contribution in [0.2, 0.25) is 0 Å². The third-order valence-electron chi connectivity index (χ3n) is 1.98. The smallest absolute Gasteiger partial charge is 0.481 e. The molecule has 108 valence electrons. The molecule has 0 bridgehead atoms. The normalized spacial score (nSPS) is 11.2. The summed E-state index contributed by atoms with van der Waals surface area (Å²) in [7, 11) is 0. The zero-order valence-corrected chi connectivity index (χ0v) is 9.41. The van der Waals surface area contributed by atoms with E-state index in [1.54, 1.807) is 0 Å². The van der Waals surface area contributed by atoms with Crippen LogP contribution in [-0.2, 0) is 11.2 Å². The molecule has 0 atom stereocenters. The fourth-order valence-electron chi connectivity index (χ4n) is 1.29. The average molecular weight is 296 g/mol. The number of nitriles is 1. The summed E-state index contributed by atoms with van der Waals surface area (Å²) in [5, 5.41) is 17.1. The van der Waals surface area contributed by atoms with E-state index in [-0.39, 0.29) is 6.07 Å². The summed E-state index contributed by atoms with van der Waals surface area (Å²) in [5.41, 5.74) is -2.69. The lowest BCUT2D eigenvalue weighted by molar-refractivity contribution is -0.275. The van der Waals surface area contributed by atoms with Crippen LogP contribution < -0.4 is 4.74 Å². The van der Waals surface area contributed by atoms with Crippen molar-refractivity contribution in [3.8, 4) is 11.8 Å². The minimum absolute atomic E-state index is 0.266. The predicted molar refractivity (Wildman–Crippen MR) is 51.9 cm³/mol. The van der Waals surface area contributed by atoms with Gasteiger partial charge in [0.05, 0.1) is 17.7 Å². The summed E-state index contributed by atoms with van der Waals surface area (Å²) in [6.07, 6.45) is -9.47. The first-order valence-corrected chi connectivity index (χ1v) is 4.83. The van der Waals surface area contributed by atoms with Crippen molar-refractivity contribution in [2.45, 2.75) is 19.2 Å². The number of ether oxygens (including phenoxy) is 1. The predicted octanol–water partition coefficient (Wildman–Crippen LogP) is 2.42. The van der Waals surface area contributed by atoms with E-state index in [1.165, 1.54) is 6.07 Å². The highest BCUT2D eigenvalue weighted by Crippen LogP contribution is 2.31. The summed E-state index contributed by atoms with van der Waals surface area (Å²) in [4.78, 5) is 13.7. The van der Waals surface area contributed by atoms with Crippen molar-refractivity contribution >= 4 is 5.97 Å². The maximum absolute atomic E-state index is 12.6. The molecule has 1 heterocycles. The highest BCUT2D eigenvalue weighted by atomic mass is 19.4. The lowest BCUT2D eigenvalue weighted by Crippen LogP contribution is -2.20. The van der Waals surface area contributed by atoms with Crippen LogP contribution in [0.3, 0.4) is 0 Å². The third kappa shape index (κ3) is 4.04. The van der Waals surface area contributed by atoms with Gasteiger partial charge in [-0.2, -0.15) is 5.26 Å². The van der Waals surface area contributed by atoms with Gasteiger partial charge in [0.2, 0.25) is 0 Å². The minimum atomic E-state index is -5.21. The van der Waals surface area contributed by atoms with E-state index in [0.29, 0.717) is 0 Å². The first-order chi connectivity index (χ1) is 9.14. The molecule has 5 nitrogen and oxygen atoms in total. The molecule has 0 fully saturated rings. The Morgan fingerprint density at radius 3 is 2.50 bits per heavy atom. The van der Waals surface area contributed by atoms with E-state index in [2.05, 4.69) is 9.72 Å². The SMILES string of the molecule is N#Cc1nc(CC(=O)O)c(OC(F)(F)F)cc1C(F)F. The van der Waals surface area contributed by atoms with Crippen LogP contribution in [0.4, 0.5) is 22.0 Å². The Bertz CT molecular complexity index is 565. The quantitative estimate of drug-likeness (QED) is 0.863. The Hall–Kier alpha value is -2.44. The molecule has 20 heavy (non-hydrogen) atoms. The summed E-state index contributed by atoms with van der Waals surface area (Å²) < 4.78 is 65.0. The lowest BCUT2D eigenvalue weighted by atomic mass is 10.1. The van der Waals surface area contributed by atoms with Crippen molar-refractivity contribution in [1.29, 1.82) is 5.26 Å². The van der Waals surface area contributed by atoms with Crippen LogP contribution in [0.15, 0.2) is 6.07 Å². The molecule has 0 saturated heterocycles. The molecule has 0 spiro atoms. The first kappa shape index (κ1) is 15.6. The highest BCUT2D eigenvalue weighted by molar-refractivity contribution is 5.70. The largest absolute Gasteiger partial charge is 0.573 e. The maximum atomic E-state index is 12.6. The van der Waals surface area contributed by atoms with Gasteiger partial charge >= 0.3 is 12.3 Å². The molecule has 0 amide bonds. The number of rotatable bonds is 4. The molecule has 10 heteroatoms. The first-order valence-electron chi connectivity index (χ1n) is 4.83. The van der Waals surface area contributed by atoms with Crippen molar-refractivity contribution in [3.63, 3.8) is 0 Å². The number of aliphatic carboxylic acids is 1. The van der Waals surface area contributed by atoms with Gasteiger partial charge in [-0.3, -0.25) is 4.79 Å². The lowest BCUT2D eigenvalue weighted by Gasteiger charge is -2.14. The Balaban J connectivity index is 3.40. The number of halogens is 5. The number of carboxylic acid groups (broad SMARTS) is 1. The summed E-state index contributed by atoms with van der Waals surface area (Å²) in [6.45, 7) is 0. The monoisotopic (exact) mass is 296 g/mol. The molecular formula is C10H5F5N2O3. The van der Waals surface area contributed by atoms with Crippen LogP contribution >= 0.6 is 0 Å². The Morgan fingerprint density at radius 2 is 2.10 bits per heavy atom. The van der Waals surface area contributed by atoms with Crippen LogP contribution in [-0.4, -0.2) is 22.4 Å². The van der Waals surface area contributed by atoms with Crippen molar-refractivity contribution in [2.75, 3.05) is 0 Å². The number of carbonyl (C=O) groups is 1. The summed E-state index contributed by atoms with van der Waals surface area (Å²) in [6, 6.07) is 1.53. The van der Waals surface area contributed by atoms with Gasteiger partial charge in [-0.15, -0.1) is 13.2 Å². The zero-order chi connectivity index (χ0) is 15.5. The van der Waals surface area contributed by atoms with Crippen LogP contribution in [0.5, 0.6) is 5.75 Å². The second-order valence-electron chi connectivity index (χ2n) is 3.40. The number of aromatic nitrogens is 1. The van der Waals surface area contributed by atoms with Crippen molar-refractivity contribution < 1.29 is 36.6 Å². The van der Waals surface area contributed by atoms with Gasteiger partial charge in [0, 0.05) is 0 Å². The molecule has 0 unspecified atom stereocenters. The fraction of sp³-hybridized carbons (Fsp3) is 0.300. The van der Waals surface area contributed by atoms with E-state index in [0.717, 1.165) is 0 Å². The standard InChI is InChI=1S/C10H5F5N2O3/c11-9(12)4-1-7(20-10(13,14)15)5(2-8(18)19)17-6(4)3-16/h1,9H,2H2,(H,18,19). The van der Waals surface area contributed by atoms with Crippen LogP contribution in [0, 0.1) is 11.3 Å². The second kappa shape index (κ2) is 5.68. The number of hydrogen-bond acceptors (Lipinski definition) is 4. The Morgan fingerprint density at radius 1 is 1.50 bits per heavy atom. The number of alkyl halides is 5. The topological polar surface area (TPSA) is 83.2 Å². The number of pyridine rings is 1. The van der Waals surface area contributed by atoms with Crippen molar-refractivity contribution in [2.24, 2.45) is 0 Å². The molecular weight excluding hydrogens is 291 g/mol. The van der Waals surface area contributed by atoms with E-state index in [4.69, 9.17) is 10.4 Å². The van der Waals surface area contributed by atoms with Crippen LogP contribution in [0.25, 0.3) is 0 Å². The summed E-state index contributed by atoms with van der Waals surface area (Å²) >= 11 is 0. The molecule has 0 radical (unpaired) electrons. The maximum Gasteiger partial charge on any atom is 0.573 e. The van der Waals surface area contributed by atoms with Gasteiger partial charge < -0.3 is 9.84 Å². The third-order valence-corrected chi connectivity index (χ3v) is 1.98. The van der Waals surface area contributed by atoms with Crippen molar-refractivity contribution in [1.82, 2.24) is 4.98 Å². The van der Waals surface area contributed by atoms with Crippen molar-refractivity contribution in [3.05, 3.63) is 23.0 Å². The molecule has 0 saturated carbocycles. The molecule has 1 aromatic heterocycles. The zero-order valence-electron chi connectivity index (χ0n) is 9.41. The van der Waals surface area contributed by atoms with Crippen LogP contribution in [0.1, 0.15) is 23.4 Å². The fourth-order valence-corrected chi connectivity index (χ4v) is 1.29. The van der Waals surface area contributed by atoms with Gasteiger partial charge in [-0.25, -0.2) is 13.8 Å². The molecule has 0 aliphatic carbocycles. The van der Waals surface area contributed by atoms with E-state index >= 15 is 0 Å². The molecule has 1 rings (SSSR count). The van der Waals surface area contributed by atoms with Gasteiger partial charge in [-0.1, -0.05) is 0 Å².